The minimum atomic E-state index is 0.807. The Labute approximate surface area is 85.9 Å². The van der Waals surface area contributed by atoms with Gasteiger partial charge in [0.25, 0.3) is 0 Å². The zero-order valence-electron chi connectivity index (χ0n) is 9.17. The standard InChI is InChI=1S/C13H17N/c1-4-9(2)13-10(3)7-12(8-14-13)11-5-6-11/h4,7-8,11H,5-6H2,1-3H3/b9-4+. The van der Waals surface area contributed by atoms with E-state index >= 15 is 0 Å². The van der Waals surface area contributed by atoms with Gasteiger partial charge in [-0.3, -0.25) is 4.98 Å². The second kappa shape index (κ2) is 3.56. The van der Waals surface area contributed by atoms with Gasteiger partial charge in [0.2, 0.25) is 0 Å². The summed E-state index contributed by atoms with van der Waals surface area (Å²) < 4.78 is 0. The molecule has 74 valence electrons. The SMILES string of the molecule is C/C=C(\C)c1ncc(C2CC2)cc1C. The van der Waals surface area contributed by atoms with E-state index < -0.39 is 0 Å². The third-order valence-electron chi connectivity index (χ3n) is 2.95. The van der Waals surface area contributed by atoms with Crippen LogP contribution >= 0.6 is 0 Å². The second-order valence-electron chi connectivity index (χ2n) is 4.18. The Morgan fingerprint density at radius 1 is 1.50 bits per heavy atom. The number of nitrogens with zero attached hydrogens (tertiary/aromatic N) is 1. The van der Waals surface area contributed by atoms with Gasteiger partial charge >= 0.3 is 0 Å². The van der Waals surface area contributed by atoms with Crippen molar-refractivity contribution in [1.29, 1.82) is 0 Å². The van der Waals surface area contributed by atoms with Gasteiger partial charge in [-0.05, 0) is 56.2 Å². The fourth-order valence-electron chi connectivity index (χ4n) is 1.79. The first-order valence-corrected chi connectivity index (χ1v) is 5.32. The summed E-state index contributed by atoms with van der Waals surface area (Å²) in [4.78, 5) is 4.54. The lowest BCUT2D eigenvalue weighted by Gasteiger charge is -2.06. The molecule has 1 fully saturated rings. The molecule has 0 saturated heterocycles. The Balaban J connectivity index is 2.35. The molecule has 1 heterocycles. The van der Waals surface area contributed by atoms with Gasteiger partial charge in [0, 0.05) is 6.20 Å². The maximum Gasteiger partial charge on any atom is 0.0684 e. The molecule has 1 nitrogen and oxygen atoms in total. The molecule has 0 bridgehead atoms. The van der Waals surface area contributed by atoms with Crippen molar-refractivity contribution in [3.8, 4) is 0 Å². The maximum atomic E-state index is 4.54. The highest BCUT2D eigenvalue weighted by molar-refractivity contribution is 5.63. The predicted octanol–water partition coefficient (Wildman–Crippen LogP) is 3.69. The topological polar surface area (TPSA) is 12.9 Å². The lowest BCUT2D eigenvalue weighted by Crippen LogP contribution is -1.93. The summed E-state index contributed by atoms with van der Waals surface area (Å²) in [6.45, 7) is 6.33. The van der Waals surface area contributed by atoms with E-state index in [0.717, 1.165) is 11.6 Å². The first-order valence-electron chi connectivity index (χ1n) is 5.32. The Morgan fingerprint density at radius 3 is 2.71 bits per heavy atom. The highest BCUT2D eigenvalue weighted by Gasteiger charge is 2.24. The van der Waals surface area contributed by atoms with Crippen LogP contribution in [0, 0.1) is 6.92 Å². The molecule has 1 aromatic rings. The van der Waals surface area contributed by atoms with Crippen LogP contribution in [-0.4, -0.2) is 4.98 Å². The van der Waals surface area contributed by atoms with Gasteiger partial charge < -0.3 is 0 Å². The van der Waals surface area contributed by atoms with E-state index in [0.29, 0.717) is 0 Å². The molecule has 1 aliphatic rings. The molecule has 0 radical (unpaired) electrons. The molecule has 1 aliphatic carbocycles. The molecule has 0 spiro atoms. The normalized spacial score (nSPS) is 17.2. The van der Waals surface area contributed by atoms with Gasteiger partial charge in [0.1, 0.15) is 0 Å². The van der Waals surface area contributed by atoms with Crippen molar-refractivity contribution in [2.75, 3.05) is 0 Å². The largest absolute Gasteiger partial charge is 0.256 e. The van der Waals surface area contributed by atoms with E-state index in [9.17, 15) is 0 Å². The van der Waals surface area contributed by atoms with Gasteiger partial charge in [-0.1, -0.05) is 12.1 Å². The van der Waals surface area contributed by atoms with Crippen molar-refractivity contribution in [3.05, 3.63) is 35.2 Å². The average Bonchev–Trinajstić information content (AvgIpc) is 3.00. The fraction of sp³-hybridized carbons (Fsp3) is 0.462. The molecular weight excluding hydrogens is 170 g/mol. The summed E-state index contributed by atoms with van der Waals surface area (Å²) in [5, 5.41) is 0. The molecule has 0 aromatic carbocycles. The number of aromatic nitrogens is 1. The van der Waals surface area contributed by atoms with Crippen molar-refractivity contribution in [2.45, 2.75) is 39.5 Å². The van der Waals surface area contributed by atoms with Crippen LogP contribution in [0.1, 0.15) is 49.4 Å². The van der Waals surface area contributed by atoms with Crippen molar-refractivity contribution in [1.82, 2.24) is 4.98 Å². The molecule has 0 amide bonds. The van der Waals surface area contributed by atoms with E-state index in [2.05, 4.69) is 37.9 Å². The monoisotopic (exact) mass is 187 g/mol. The van der Waals surface area contributed by atoms with Gasteiger partial charge in [-0.25, -0.2) is 0 Å². The summed E-state index contributed by atoms with van der Waals surface area (Å²) in [7, 11) is 0. The van der Waals surface area contributed by atoms with Crippen molar-refractivity contribution >= 4 is 5.57 Å². The second-order valence-corrected chi connectivity index (χ2v) is 4.18. The number of allylic oxidation sites excluding steroid dienone is 2. The van der Waals surface area contributed by atoms with Gasteiger partial charge in [0.15, 0.2) is 0 Å². The Hall–Kier alpha value is -1.11. The summed E-state index contributed by atoms with van der Waals surface area (Å²) in [6, 6.07) is 2.30. The number of pyridine rings is 1. The third-order valence-corrected chi connectivity index (χ3v) is 2.95. The van der Waals surface area contributed by atoms with Crippen LogP contribution in [0.15, 0.2) is 18.3 Å². The third kappa shape index (κ3) is 1.72. The molecule has 0 unspecified atom stereocenters. The predicted molar refractivity (Wildman–Crippen MR) is 60.3 cm³/mol. The summed E-state index contributed by atoms with van der Waals surface area (Å²) in [5.74, 6) is 0.807. The molecule has 2 rings (SSSR count). The average molecular weight is 187 g/mol. The zero-order valence-corrected chi connectivity index (χ0v) is 9.17. The lowest BCUT2D eigenvalue weighted by molar-refractivity contribution is 1.07. The Kier molecular flexibility index (Phi) is 2.40. The fourth-order valence-corrected chi connectivity index (χ4v) is 1.79. The molecule has 1 saturated carbocycles. The Bertz CT molecular complexity index is 373. The zero-order chi connectivity index (χ0) is 10.1. The summed E-state index contributed by atoms with van der Waals surface area (Å²) >= 11 is 0. The van der Waals surface area contributed by atoms with Crippen LogP contribution in [0.3, 0.4) is 0 Å². The number of rotatable bonds is 2. The number of hydrogen-bond donors (Lipinski definition) is 0. The molecule has 0 atom stereocenters. The summed E-state index contributed by atoms with van der Waals surface area (Å²) in [6.07, 6.45) is 6.87. The molecule has 1 heteroatoms. The molecule has 14 heavy (non-hydrogen) atoms. The van der Waals surface area contributed by atoms with Crippen LogP contribution in [-0.2, 0) is 0 Å². The maximum absolute atomic E-state index is 4.54. The van der Waals surface area contributed by atoms with E-state index in [1.54, 1.807) is 0 Å². The quantitative estimate of drug-likeness (QED) is 0.688. The molecule has 1 aromatic heterocycles. The first kappa shape index (κ1) is 9.45. The number of aryl methyl sites for hydroxylation is 1. The first-order chi connectivity index (χ1) is 6.72. The van der Waals surface area contributed by atoms with Crippen molar-refractivity contribution in [3.63, 3.8) is 0 Å². The summed E-state index contributed by atoms with van der Waals surface area (Å²) in [5.41, 5.74) is 5.15. The van der Waals surface area contributed by atoms with Gasteiger partial charge in [-0.2, -0.15) is 0 Å². The van der Waals surface area contributed by atoms with Crippen molar-refractivity contribution in [2.24, 2.45) is 0 Å². The smallest absolute Gasteiger partial charge is 0.0684 e. The van der Waals surface area contributed by atoms with Crippen LogP contribution in [0.2, 0.25) is 0 Å². The van der Waals surface area contributed by atoms with Gasteiger partial charge in [-0.15, -0.1) is 0 Å². The minimum absolute atomic E-state index is 0.807. The van der Waals surface area contributed by atoms with E-state index in [1.807, 2.05) is 6.20 Å². The van der Waals surface area contributed by atoms with E-state index in [1.165, 1.54) is 29.5 Å². The van der Waals surface area contributed by atoms with Crippen LogP contribution < -0.4 is 0 Å². The molecule has 0 N–H and O–H groups in total. The lowest BCUT2D eigenvalue weighted by atomic mass is 10.0. The Morgan fingerprint density at radius 2 is 2.21 bits per heavy atom. The highest BCUT2D eigenvalue weighted by atomic mass is 14.7. The number of hydrogen-bond acceptors (Lipinski definition) is 1. The van der Waals surface area contributed by atoms with Crippen molar-refractivity contribution < 1.29 is 0 Å². The van der Waals surface area contributed by atoms with Crippen LogP contribution in [0.25, 0.3) is 5.57 Å². The highest BCUT2D eigenvalue weighted by Crippen LogP contribution is 2.40. The van der Waals surface area contributed by atoms with Gasteiger partial charge in [0.05, 0.1) is 5.69 Å². The van der Waals surface area contributed by atoms with Crippen LogP contribution in [0.5, 0.6) is 0 Å². The van der Waals surface area contributed by atoms with E-state index in [-0.39, 0.29) is 0 Å². The molecular formula is C13H17N. The minimum Gasteiger partial charge on any atom is -0.256 e. The van der Waals surface area contributed by atoms with Crippen LogP contribution in [0.4, 0.5) is 0 Å². The molecule has 0 aliphatic heterocycles. The van der Waals surface area contributed by atoms with E-state index in [4.69, 9.17) is 0 Å².